The van der Waals surface area contributed by atoms with Gasteiger partial charge in [-0.05, 0) is 36.8 Å². The molecule has 4 rings (SSSR count). The Morgan fingerprint density at radius 2 is 1.92 bits per heavy atom. The van der Waals surface area contributed by atoms with Crippen molar-refractivity contribution in [1.29, 1.82) is 0 Å². The topological polar surface area (TPSA) is 69.0 Å². The van der Waals surface area contributed by atoms with Crippen LogP contribution in [-0.2, 0) is 9.47 Å². The van der Waals surface area contributed by atoms with Gasteiger partial charge in [-0.15, -0.1) is 0 Å². The summed E-state index contributed by atoms with van der Waals surface area (Å²) in [5, 5.41) is 1.20. The van der Waals surface area contributed by atoms with E-state index in [0.717, 1.165) is 19.3 Å². The van der Waals surface area contributed by atoms with E-state index >= 15 is 0 Å². The number of piperidine rings is 1. The Morgan fingerprint density at radius 3 is 2.69 bits per heavy atom. The summed E-state index contributed by atoms with van der Waals surface area (Å²) < 4.78 is 16.6. The van der Waals surface area contributed by atoms with E-state index in [1.807, 2.05) is 17.0 Å². The van der Waals surface area contributed by atoms with Gasteiger partial charge in [0.25, 0.3) is 5.91 Å². The van der Waals surface area contributed by atoms with Crippen molar-refractivity contribution in [2.45, 2.75) is 37.5 Å². The number of fused-ring (bicyclic) bond motifs is 3. The van der Waals surface area contributed by atoms with E-state index in [-0.39, 0.29) is 35.8 Å². The standard InChI is InChI=1S/C20H23NO5/c1-24-16-8-7-13-10-15(16)18(25-2)11-21(13)19(22)17-9-12-5-3-4-6-14(12)20(23)26-17/h3-6,9,13,15-16,18H,7-8,10-11H2,1-2H3/t13-,15-,16-,18+/m1/s1. The van der Waals surface area contributed by atoms with Gasteiger partial charge in [0.05, 0.1) is 17.6 Å². The zero-order chi connectivity index (χ0) is 18.3. The number of ether oxygens (including phenoxy) is 2. The molecule has 1 amide bonds. The molecule has 1 aliphatic carbocycles. The van der Waals surface area contributed by atoms with Gasteiger partial charge in [-0.3, -0.25) is 4.79 Å². The molecule has 4 atom stereocenters. The van der Waals surface area contributed by atoms with Gasteiger partial charge in [0.1, 0.15) is 0 Å². The van der Waals surface area contributed by atoms with E-state index in [0.29, 0.717) is 17.3 Å². The fraction of sp³-hybridized carbons (Fsp3) is 0.500. The number of benzene rings is 1. The van der Waals surface area contributed by atoms with Crippen LogP contribution < -0.4 is 5.63 Å². The summed E-state index contributed by atoms with van der Waals surface area (Å²) in [6.07, 6.45) is 2.73. The van der Waals surface area contributed by atoms with Gasteiger partial charge in [-0.1, -0.05) is 18.2 Å². The molecule has 1 aliphatic heterocycles. The quantitative estimate of drug-likeness (QED) is 0.844. The minimum absolute atomic E-state index is 0.0763. The maximum atomic E-state index is 13.1. The summed E-state index contributed by atoms with van der Waals surface area (Å²) in [4.78, 5) is 27.1. The number of rotatable bonds is 3. The van der Waals surface area contributed by atoms with Crippen LogP contribution in [0.1, 0.15) is 29.8 Å². The average Bonchev–Trinajstić information content (AvgIpc) is 2.68. The SMILES string of the molecule is CO[C@H]1CN(C(=O)c2cc3ccccc3c(=O)o2)[C@@H]2CC[C@@H](OC)[C@H]1C2. The van der Waals surface area contributed by atoms with Gasteiger partial charge in [0, 0.05) is 32.7 Å². The van der Waals surface area contributed by atoms with E-state index in [1.165, 1.54) is 0 Å². The predicted octanol–water partition coefficient (Wildman–Crippen LogP) is 2.45. The first-order valence-corrected chi connectivity index (χ1v) is 9.02. The summed E-state index contributed by atoms with van der Waals surface area (Å²) >= 11 is 0. The Morgan fingerprint density at radius 1 is 1.15 bits per heavy atom. The molecule has 26 heavy (non-hydrogen) atoms. The molecule has 0 unspecified atom stereocenters. The highest BCUT2D eigenvalue weighted by atomic mass is 16.5. The summed E-state index contributed by atoms with van der Waals surface area (Å²) in [6, 6.07) is 8.93. The van der Waals surface area contributed by atoms with E-state index in [9.17, 15) is 9.59 Å². The zero-order valence-electron chi connectivity index (χ0n) is 15.0. The first kappa shape index (κ1) is 17.2. The van der Waals surface area contributed by atoms with Crippen LogP contribution in [0.25, 0.3) is 10.8 Å². The van der Waals surface area contributed by atoms with Crippen molar-refractivity contribution >= 4 is 16.7 Å². The summed E-state index contributed by atoms with van der Waals surface area (Å²) in [5.74, 6) is 0.140. The molecule has 6 heteroatoms. The van der Waals surface area contributed by atoms with Gasteiger partial charge < -0.3 is 18.8 Å². The molecule has 0 spiro atoms. The van der Waals surface area contributed by atoms with Crippen molar-refractivity contribution in [2.24, 2.45) is 5.92 Å². The molecule has 2 aromatic rings. The molecule has 1 aromatic heterocycles. The highest BCUT2D eigenvalue weighted by Gasteiger charge is 2.45. The molecule has 2 heterocycles. The van der Waals surface area contributed by atoms with Crippen molar-refractivity contribution in [3.05, 3.63) is 46.5 Å². The minimum atomic E-state index is -0.479. The van der Waals surface area contributed by atoms with Gasteiger partial charge >= 0.3 is 5.63 Å². The van der Waals surface area contributed by atoms with Crippen LogP contribution in [0.15, 0.2) is 39.5 Å². The number of hydrogen-bond acceptors (Lipinski definition) is 5. The number of amides is 1. The van der Waals surface area contributed by atoms with E-state index in [4.69, 9.17) is 13.9 Å². The molecule has 2 fully saturated rings. The lowest BCUT2D eigenvalue weighted by atomic mass is 9.75. The number of carbonyl (C=O) groups is 1. The van der Waals surface area contributed by atoms with Crippen LogP contribution in [0, 0.1) is 5.92 Å². The van der Waals surface area contributed by atoms with Gasteiger partial charge in [-0.2, -0.15) is 0 Å². The monoisotopic (exact) mass is 357 g/mol. The van der Waals surface area contributed by atoms with Crippen molar-refractivity contribution in [1.82, 2.24) is 4.90 Å². The third kappa shape index (κ3) is 2.83. The third-order valence-electron chi connectivity index (χ3n) is 5.85. The van der Waals surface area contributed by atoms with Crippen LogP contribution in [-0.4, -0.2) is 49.8 Å². The van der Waals surface area contributed by atoms with Gasteiger partial charge in [0.2, 0.25) is 0 Å². The Bertz CT molecular complexity index is 876. The fourth-order valence-electron chi connectivity index (χ4n) is 4.48. The predicted molar refractivity (Wildman–Crippen MR) is 96.2 cm³/mol. The van der Waals surface area contributed by atoms with E-state index < -0.39 is 5.63 Å². The molecular formula is C20H23NO5. The molecule has 2 aliphatic rings. The van der Waals surface area contributed by atoms with Crippen LogP contribution in [0.2, 0.25) is 0 Å². The maximum absolute atomic E-state index is 13.1. The molecule has 6 nitrogen and oxygen atoms in total. The maximum Gasteiger partial charge on any atom is 0.344 e. The largest absolute Gasteiger partial charge is 0.417 e. The minimum Gasteiger partial charge on any atom is -0.417 e. The molecule has 0 N–H and O–H groups in total. The van der Waals surface area contributed by atoms with Crippen molar-refractivity contribution in [3.63, 3.8) is 0 Å². The highest BCUT2D eigenvalue weighted by Crippen LogP contribution is 2.38. The molecule has 1 saturated carbocycles. The Labute approximate surface area is 151 Å². The fourth-order valence-corrected chi connectivity index (χ4v) is 4.48. The molecular weight excluding hydrogens is 334 g/mol. The lowest BCUT2D eigenvalue weighted by molar-refractivity contribution is -0.106. The summed E-state index contributed by atoms with van der Waals surface area (Å²) in [6.45, 7) is 0.487. The lowest BCUT2D eigenvalue weighted by Gasteiger charge is -2.49. The van der Waals surface area contributed by atoms with Crippen LogP contribution in [0.4, 0.5) is 0 Å². The number of likely N-dealkylation sites (tertiary alicyclic amines) is 1. The second-order valence-electron chi connectivity index (χ2n) is 7.12. The van der Waals surface area contributed by atoms with Crippen molar-refractivity contribution < 1.29 is 18.7 Å². The number of hydrogen-bond donors (Lipinski definition) is 0. The normalized spacial score (nSPS) is 28.3. The van der Waals surface area contributed by atoms with E-state index in [2.05, 4.69) is 0 Å². The van der Waals surface area contributed by atoms with Crippen molar-refractivity contribution in [3.8, 4) is 0 Å². The molecule has 0 radical (unpaired) electrons. The number of nitrogens with zero attached hydrogens (tertiary/aromatic N) is 1. The molecule has 1 aromatic carbocycles. The molecule has 2 bridgehead atoms. The zero-order valence-corrected chi connectivity index (χ0v) is 15.0. The third-order valence-corrected chi connectivity index (χ3v) is 5.85. The van der Waals surface area contributed by atoms with E-state index in [1.54, 1.807) is 32.4 Å². The van der Waals surface area contributed by atoms with Gasteiger partial charge in [-0.25, -0.2) is 4.79 Å². The van der Waals surface area contributed by atoms with Gasteiger partial charge in [0.15, 0.2) is 5.76 Å². The van der Waals surface area contributed by atoms with Crippen molar-refractivity contribution in [2.75, 3.05) is 20.8 Å². The Hall–Kier alpha value is -2.18. The smallest absolute Gasteiger partial charge is 0.344 e. The highest BCUT2D eigenvalue weighted by molar-refractivity contribution is 5.95. The van der Waals surface area contributed by atoms with Crippen LogP contribution in [0.5, 0.6) is 0 Å². The first-order valence-electron chi connectivity index (χ1n) is 9.02. The number of methoxy groups -OCH3 is 2. The Balaban J connectivity index is 1.65. The Kier molecular flexibility index (Phi) is 4.54. The average molecular weight is 357 g/mol. The second kappa shape index (κ2) is 6.85. The number of carbonyl (C=O) groups excluding carboxylic acids is 1. The first-order chi connectivity index (χ1) is 12.6. The summed E-state index contributed by atoms with van der Waals surface area (Å²) in [7, 11) is 3.41. The molecule has 138 valence electrons. The second-order valence-corrected chi connectivity index (χ2v) is 7.12. The summed E-state index contributed by atoms with van der Waals surface area (Å²) in [5.41, 5.74) is -0.479. The van der Waals surface area contributed by atoms with Crippen LogP contribution in [0.3, 0.4) is 0 Å². The lowest BCUT2D eigenvalue weighted by Crippen LogP contribution is -2.58. The van der Waals surface area contributed by atoms with Crippen LogP contribution >= 0.6 is 0 Å². The molecule has 1 saturated heterocycles.